The first kappa shape index (κ1) is 15.2. The van der Waals surface area contributed by atoms with Gasteiger partial charge in [-0.3, -0.25) is 9.59 Å². The second kappa shape index (κ2) is 6.03. The van der Waals surface area contributed by atoms with Crippen LogP contribution < -0.4 is 9.47 Å². The topological polar surface area (TPSA) is 76.1 Å². The summed E-state index contributed by atoms with van der Waals surface area (Å²) in [7, 11) is 3.03. The van der Waals surface area contributed by atoms with E-state index in [2.05, 4.69) is 0 Å². The number of aliphatic carboxylic acids is 1. The Kier molecular flexibility index (Phi) is 4.35. The Morgan fingerprint density at radius 1 is 1.19 bits per heavy atom. The summed E-state index contributed by atoms with van der Waals surface area (Å²) >= 11 is 0. The number of carboxylic acid groups (broad SMARTS) is 1. The lowest BCUT2D eigenvalue weighted by molar-refractivity contribution is -0.142. The monoisotopic (exact) mass is 293 g/mol. The van der Waals surface area contributed by atoms with Gasteiger partial charge in [0.1, 0.15) is 11.5 Å². The van der Waals surface area contributed by atoms with Gasteiger partial charge in [-0.25, -0.2) is 0 Å². The van der Waals surface area contributed by atoms with E-state index in [1.54, 1.807) is 30.0 Å². The standard InChI is InChI=1S/C15H19NO5/c1-9-13(15(18)19)4-5-16(9)14(17)10-6-11(20-2)8-12(7-10)21-3/h6-9,13H,4-5H2,1-3H3,(H,18,19). The van der Waals surface area contributed by atoms with Crippen LogP contribution in [0.4, 0.5) is 0 Å². The minimum absolute atomic E-state index is 0.205. The molecule has 1 saturated heterocycles. The number of carbonyl (C=O) groups is 2. The van der Waals surface area contributed by atoms with E-state index in [1.807, 2.05) is 0 Å². The Hall–Kier alpha value is -2.24. The fourth-order valence-electron chi connectivity index (χ4n) is 2.65. The first-order valence-electron chi connectivity index (χ1n) is 6.74. The Morgan fingerprint density at radius 2 is 1.76 bits per heavy atom. The SMILES string of the molecule is COc1cc(OC)cc(C(=O)N2CCC(C(=O)O)C2C)c1. The molecule has 21 heavy (non-hydrogen) atoms. The van der Waals surface area contributed by atoms with Gasteiger partial charge < -0.3 is 19.5 Å². The van der Waals surface area contributed by atoms with Crippen molar-refractivity contribution in [2.45, 2.75) is 19.4 Å². The van der Waals surface area contributed by atoms with Crippen LogP contribution in [-0.4, -0.2) is 48.7 Å². The zero-order valence-electron chi connectivity index (χ0n) is 12.3. The van der Waals surface area contributed by atoms with Gasteiger partial charge >= 0.3 is 5.97 Å². The Balaban J connectivity index is 2.26. The molecule has 1 amide bonds. The summed E-state index contributed by atoms with van der Waals surface area (Å²) in [6.07, 6.45) is 0.476. The molecule has 6 heteroatoms. The number of carbonyl (C=O) groups excluding carboxylic acids is 1. The Labute approximate surface area is 123 Å². The molecular formula is C15H19NO5. The maximum atomic E-state index is 12.6. The third-order valence-electron chi connectivity index (χ3n) is 3.93. The lowest BCUT2D eigenvalue weighted by atomic mass is 10.0. The Bertz CT molecular complexity index is 535. The molecule has 2 unspecified atom stereocenters. The van der Waals surface area contributed by atoms with Crippen LogP contribution in [0.25, 0.3) is 0 Å². The molecule has 0 saturated carbocycles. The first-order valence-corrected chi connectivity index (χ1v) is 6.74. The molecule has 1 N–H and O–H groups in total. The summed E-state index contributed by atoms with van der Waals surface area (Å²) in [4.78, 5) is 25.3. The van der Waals surface area contributed by atoms with Gasteiger partial charge in [0.2, 0.25) is 0 Å². The molecule has 1 aromatic rings. The van der Waals surface area contributed by atoms with E-state index in [0.29, 0.717) is 30.0 Å². The molecule has 6 nitrogen and oxygen atoms in total. The van der Waals surface area contributed by atoms with Gasteiger partial charge in [-0.15, -0.1) is 0 Å². The van der Waals surface area contributed by atoms with Crippen LogP contribution in [0.2, 0.25) is 0 Å². The highest BCUT2D eigenvalue weighted by atomic mass is 16.5. The Morgan fingerprint density at radius 3 is 2.19 bits per heavy atom. The van der Waals surface area contributed by atoms with Crippen LogP contribution in [0.15, 0.2) is 18.2 Å². The highest BCUT2D eigenvalue weighted by Crippen LogP contribution is 2.29. The molecule has 1 aromatic carbocycles. The number of hydrogen-bond donors (Lipinski definition) is 1. The van der Waals surface area contributed by atoms with E-state index in [-0.39, 0.29) is 11.9 Å². The first-order chi connectivity index (χ1) is 9.97. The number of nitrogens with zero attached hydrogens (tertiary/aromatic N) is 1. The van der Waals surface area contributed by atoms with Gasteiger partial charge in [0.25, 0.3) is 5.91 Å². The molecule has 0 aromatic heterocycles. The summed E-state index contributed by atoms with van der Waals surface area (Å²) in [5.74, 6) is -0.524. The van der Waals surface area contributed by atoms with Crippen molar-refractivity contribution in [3.63, 3.8) is 0 Å². The van der Waals surface area contributed by atoms with Crippen molar-refractivity contribution in [3.8, 4) is 11.5 Å². The van der Waals surface area contributed by atoms with Crippen molar-refractivity contribution in [1.29, 1.82) is 0 Å². The van der Waals surface area contributed by atoms with E-state index in [1.165, 1.54) is 14.2 Å². The van der Waals surface area contributed by atoms with E-state index in [4.69, 9.17) is 14.6 Å². The van der Waals surface area contributed by atoms with Crippen molar-refractivity contribution in [2.75, 3.05) is 20.8 Å². The maximum absolute atomic E-state index is 12.6. The number of methoxy groups -OCH3 is 2. The summed E-state index contributed by atoms with van der Waals surface area (Å²) in [5.41, 5.74) is 0.434. The molecule has 1 fully saturated rings. The third kappa shape index (κ3) is 2.94. The van der Waals surface area contributed by atoms with E-state index in [0.717, 1.165) is 0 Å². The summed E-state index contributed by atoms with van der Waals surface area (Å²) < 4.78 is 10.3. The fraction of sp³-hybridized carbons (Fsp3) is 0.467. The number of rotatable bonds is 4. The van der Waals surface area contributed by atoms with Gasteiger partial charge in [0, 0.05) is 24.2 Å². The van der Waals surface area contributed by atoms with Gasteiger partial charge in [-0.2, -0.15) is 0 Å². The quantitative estimate of drug-likeness (QED) is 0.913. The smallest absolute Gasteiger partial charge is 0.308 e. The molecule has 1 aliphatic heterocycles. The highest BCUT2D eigenvalue weighted by molar-refractivity contribution is 5.96. The molecule has 1 heterocycles. The van der Waals surface area contributed by atoms with Crippen molar-refractivity contribution in [1.82, 2.24) is 4.90 Å². The predicted molar refractivity (Wildman–Crippen MR) is 75.8 cm³/mol. The lowest BCUT2D eigenvalue weighted by Crippen LogP contribution is -2.37. The predicted octanol–water partition coefficient (Wildman–Crippen LogP) is 1.64. The molecule has 0 aliphatic carbocycles. The van der Waals surface area contributed by atoms with Crippen LogP contribution in [0.1, 0.15) is 23.7 Å². The highest BCUT2D eigenvalue weighted by Gasteiger charge is 2.38. The average Bonchev–Trinajstić information content (AvgIpc) is 2.87. The minimum Gasteiger partial charge on any atom is -0.497 e. The van der Waals surface area contributed by atoms with Crippen LogP contribution in [0.5, 0.6) is 11.5 Å². The molecule has 2 rings (SSSR count). The number of benzene rings is 1. The molecule has 1 aliphatic rings. The van der Waals surface area contributed by atoms with Gasteiger partial charge in [-0.05, 0) is 25.5 Å². The second-order valence-corrected chi connectivity index (χ2v) is 5.07. The lowest BCUT2D eigenvalue weighted by Gasteiger charge is -2.23. The van der Waals surface area contributed by atoms with Crippen LogP contribution in [0, 0.1) is 5.92 Å². The second-order valence-electron chi connectivity index (χ2n) is 5.07. The third-order valence-corrected chi connectivity index (χ3v) is 3.93. The van der Waals surface area contributed by atoms with Crippen molar-refractivity contribution in [3.05, 3.63) is 23.8 Å². The average molecular weight is 293 g/mol. The van der Waals surface area contributed by atoms with E-state index < -0.39 is 11.9 Å². The summed E-state index contributed by atoms with van der Waals surface area (Å²) in [6, 6.07) is 4.62. The molecule has 0 bridgehead atoms. The van der Waals surface area contributed by atoms with Crippen LogP contribution in [-0.2, 0) is 4.79 Å². The summed E-state index contributed by atoms with van der Waals surface area (Å²) in [5, 5.41) is 9.14. The normalized spacial score (nSPS) is 21.2. The number of carboxylic acids is 1. The van der Waals surface area contributed by atoms with Crippen LogP contribution >= 0.6 is 0 Å². The maximum Gasteiger partial charge on any atom is 0.308 e. The fourth-order valence-corrected chi connectivity index (χ4v) is 2.65. The largest absolute Gasteiger partial charge is 0.497 e. The zero-order chi connectivity index (χ0) is 15.6. The van der Waals surface area contributed by atoms with Gasteiger partial charge in [0.05, 0.1) is 20.1 Å². The molecule has 2 atom stereocenters. The number of amides is 1. The van der Waals surface area contributed by atoms with Crippen molar-refractivity contribution >= 4 is 11.9 Å². The van der Waals surface area contributed by atoms with E-state index in [9.17, 15) is 9.59 Å². The van der Waals surface area contributed by atoms with Crippen molar-refractivity contribution < 1.29 is 24.2 Å². The molecule has 0 spiro atoms. The van der Waals surface area contributed by atoms with Crippen molar-refractivity contribution in [2.24, 2.45) is 5.92 Å². The summed E-state index contributed by atoms with van der Waals surface area (Å²) in [6.45, 7) is 2.21. The zero-order valence-corrected chi connectivity index (χ0v) is 12.3. The molecule has 0 radical (unpaired) electrons. The van der Waals surface area contributed by atoms with E-state index >= 15 is 0 Å². The molecular weight excluding hydrogens is 274 g/mol. The minimum atomic E-state index is -0.860. The number of ether oxygens (including phenoxy) is 2. The van der Waals surface area contributed by atoms with Crippen LogP contribution in [0.3, 0.4) is 0 Å². The van der Waals surface area contributed by atoms with Gasteiger partial charge in [0.15, 0.2) is 0 Å². The number of hydrogen-bond acceptors (Lipinski definition) is 4. The molecule has 114 valence electrons. The number of likely N-dealkylation sites (tertiary alicyclic amines) is 1. The van der Waals surface area contributed by atoms with Gasteiger partial charge in [-0.1, -0.05) is 0 Å².